The largest absolute Gasteiger partial charge is 0.337 e. The van der Waals surface area contributed by atoms with Crippen LogP contribution >= 0.6 is 0 Å². The summed E-state index contributed by atoms with van der Waals surface area (Å²) < 4.78 is 1.60. The number of hydrogen-bond acceptors (Lipinski definition) is 3. The Kier molecular flexibility index (Phi) is 5.40. The third-order valence-corrected chi connectivity index (χ3v) is 5.23. The summed E-state index contributed by atoms with van der Waals surface area (Å²) >= 11 is 0. The molecule has 1 aliphatic rings. The van der Waals surface area contributed by atoms with Crippen molar-refractivity contribution in [3.63, 3.8) is 0 Å². The van der Waals surface area contributed by atoms with Crippen molar-refractivity contribution in [2.24, 2.45) is 0 Å². The van der Waals surface area contributed by atoms with Gasteiger partial charge in [0.05, 0.1) is 12.6 Å². The molecule has 1 aliphatic carbocycles. The molecule has 0 aliphatic heterocycles. The number of carbonyl (C=O) groups excluding carboxylic acids is 2. The Morgan fingerprint density at radius 3 is 2.77 bits per heavy atom. The van der Waals surface area contributed by atoms with Crippen molar-refractivity contribution in [1.29, 1.82) is 0 Å². The van der Waals surface area contributed by atoms with Gasteiger partial charge in [0, 0.05) is 26.5 Å². The molecule has 1 aromatic carbocycles. The highest BCUT2D eigenvalue weighted by Gasteiger charge is 2.28. The molecule has 6 heteroatoms. The normalized spacial score (nSPS) is 17.3. The Morgan fingerprint density at radius 1 is 1.27 bits per heavy atom. The zero-order valence-corrected chi connectivity index (χ0v) is 15.6. The van der Waals surface area contributed by atoms with E-state index in [-0.39, 0.29) is 24.4 Å². The van der Waals surface area contributed by atoms with Crippen molar-refractivity contribution in [2.75, 3.05) is 20.6 Å². The maximum absolute atomic E-state index is 12.8. The van der Waals surface area contributed by atoms with Crippen LogP contribution in [-0.2, 0) is 16.0 Å². The van der Waals surface area contributed by atoms with Crippen LogP contribution < -0.4 is 0 Å². The molecule has 1 heterocycles. The number of nitrogens with zero attached hydrogens (tertiary/aromatic N) is 4. The Hall–Kier alpha value is -2.63. The second kappa shape index (κ2) is 7.72. The van der Waals surface area contributed by atoms with E-state index < -0.39 is 6.04 Å². The summed E-state index contributed by atoms with van der Waals surface area (Å²) in [6, 6.07) is 9.76. The van der Waals surface area contributed by atoms with Crippen molar-refractivity contribution in [3.05, 3.63) is 53.9 Å². The minimum absolute atomic E-state index is 0.0461. The van der Waals surface area contributed by atoms with Crippen LogP contribution in [0, 0.1) is 0 Å². The fourth-order valence-corrected chi connectivity index (χ4v) is 3.64. The monoisotopic (exact) mass is 354 g/mol. The van der Waals surface area contributed by atoms with Crippen LogP contribution in [0.5, 0.6) is 0 Å². The third kappa shape index (κ3) is 3.64. The predicted octanol–water partition coefficient (Wildman–Crippen LogP) is 2.44. The maximum atomic E-state index is 12.8. The summed E-state index contributed by atoms with van der Waals surface area (Å²) in [7, 11) is 3.51. The molecule has 0 saturated heterocycles. The fraction of sp³-hybridized carbons (Fsp3) is 0.450. The second-order valence-corrected chi connectivity index (χ2v) is 6.97. The number of rotatable bonds is 5. The highest BCUT2D eigenvalue weighted by Crippen LogP contribution is 2.33. The molecular weight excluding hydrogens is 328 g/mol. The van der Waals surface area contributed by atoms with Gasteiger partial charge in [-0.25, -0.2) is 0 Å². The number of likely N-dealkylation sites (N-methyl/N-ethyl adjacent to an activating group) is 2. The number of carbonyl (C=O) groups is 2. The molecule has 0 fully saturated rings. The maximum Gasteiger partial charge on any atom is 0.247 e. The molecule has 0 unspecified atom stereocenters. The summed E-state index contributed by atoms with van der Waals surface area (Å²) in [5.41, 5.74) is 2.55. The fourth-order valence-electron chi connectivity index (χ4n) is 3.64. The molecule has 0 spiro atoms. The minimum Gasteiger partial charge on any atom is -0.337 e. The van der Waals surface area contributed by atoms with Crippen LogP contribution in [0.25, 0.3) is 0 Å². The van der Waals surface area contributed by atoms with Crippen LogP contribution in [0.3, 0.4) is 0 Å². The Bertz CT molecular complexity index is 772. The van der Waals surface area contributed by atoms with Crippen LogP contribution in [0.2, 0.25) is 0 Å². The number of fused-ring (bicyclic) bond motifs is 1. The van der Waals surface area contributed by atoms with E-state index in [0.717, 1.165) is 19.3 Å². The summed E-state index contributed by atoms with van der Waals surface area (Å²) in [5.74, 6) is -0.172. The molecule has 3 rings (SSSR count). The minimum atomic E-state index is -0.427. The van der Waals surface area contributed by atoms with E-state index in [2.05, 4.69) is 17.2 Å². The van der Waals surface area contributed by atoms with E-state index in [1.54, 1.807) is 42.0 Å². The number of aryl methyl sites for hydroxylation is 1. The summed E-state index contributed by atoms with van der Waals surface area (Å²) in [5, 5.41) is 4.11. The Balaban J connectivity index is 1.65. The van der Waals surface area contributed by atoms with E-state index in [4.69, 9.17) is 0 Å². The van der Waals surface area contributed by atoms with Gasteiger partial charge in [0.2, 0.25) is 11.8 Å². The van der Waals surface area contributed by atoms with Crippen molar-refractivity contribution in [2.45, 2.75) is 38.3 Å². The summed E-state index contributed by atoms with van der Waals surface area (Å²) in [6.07, 6.45) is 6.49. The van der Waals surface area contributed by atoms with Gasteiger partial charge in [0.1, 0.15) is 6.04 Å². The Morgan fingerprint density at radius 2 is 2.04 bits per heavy atom. The number of benzene rings is 1. The topological polar surface area (TPSA) is 58.4 Å². The molecule has 2 aromatic rings. The zero-order valence-electron chi connectivity index (χ0n) is 15.6. The lowest BCUT2D eigenvalue weighted by Gasteiger charge is -2.34. The summed E-state index contributed by atoms with van der Waals surface area (Å²) in [4.78, 5) is 28.6. The SMILES string of the molecule is C[C@H](C(=O)N(C)CC(=O)N(C)[C@@H]1CCCc2ccccc21)n1cccn1. The highest BCUT2D eigenvalue weighted by atomic mass is 16.2. The third-order valence-electron chi connectivity index (χ3n) is 5.23. The lowest BCUT2D eigenvalue weighted by atomic mass is 9.87. The number of amides is 2. The molecule has 1 aromatic heterocycles. The van der Waals surface area contributed by atoms with Gasteiger partial charge in [0.25, 0.3) is 0 Å². The first kappa shape index (κ1) is 18.2. The van der Waals surface area contributed by atoms with Crippen molar-refractivity contribution < 1.29 is 9.59 Å². The molecule has 0 bridgehead atoms. The average molecular weight is 354 g/mol. The number of hydrogen-bond donors (Lipinski definition) is 0. The van der Waals surface area contributed by atoms with E-state index in [0.29, 0.717) is 0 Å². The van der Waals surface area contributed by atoms with E-state index >= 15 is 0 Å². The highest BCUT2D eigenvalue weighted by molar-refractivity contribution is 5.86. The molecule has 138 valence electrons. The first-order valence-electron chi connectivity index (χ1n) is 9.06. The van der Waals surface area contributed by atoms with Gasteiger partial charge in [-0.2, -0.15) is 5.10 Å². The van der Waals surface area contributed by atoms with Gasteiger partial charge in [-0.15, -0.1) is 0 Å². The predicted molar refractivity (Wildman–Crippen MR) is 99.5 cm³/mol. The van der Waals surface area contributed by atoms with Gasteiger partial charge in [-0.1, -0.05) is 24.3 Å². The zero-order chi connectivity index (χ0) is 18.7. The Labute approximate surface area is 154 Å². The van der Waals surface area contributed by atoms with Gasteiger partial charge in [-0.3, -0.25) is 14.3 Å². The molecule has 0 saturated carbocycles. The summed E-state index contributed by atoms with van der Waals surface area (Å²) in [6.45, 7) is 1.86. The van der Waals surface area contributed by atoms with Crippen LogP contribution in [-0.4, -0.2) is 52.0 Å². The quantitative estimate of drug-likeness (QED) is 0.829. The van der Waals surface area contributed by atoms with Crippen LogP contribution in [0.1, 0.15) is 43.0 Å². The van der Waals surface area contributed by atoms with Crippen molar-refractivity contribution in [1.82, 2.24) is 19.6 Å². The first-order valence-corrected chi connectivity index (χ1v) is 9.06. The average Bonchev–Trinajstić information content (AvgIpc) is 3.20. The second-order valence-electron chi connectivity index (χ2n) is 6.97. The van der Waals surface area contributed by atoms with E-state index in [1.165, 1.54) is 16.0 Å². The van der Waals surface area contributed by atoms with Crippen molar-refractivity contribution in [3.8, 4) is 0 Å². The van der Waals surface area contributed by atoms with Crippen LogP contribution in [0.4, 0.5) is 0 Å². The molecule has 0 N–H and O–H groups in total. The van der Waals surface area contributed by atoms with Crippen LogP contribution in [0.15, 0.2) is 42.7 Å². The molecule has 2 amide bonds. The van der Waals surface area contributed by atoms with Gasteiger partial charge < -0.3 is 9.80 Å². The lowest BCUT2D eigenvalue weighted by molar-refractivity contribution is -0.141. The van der Waals surface area contributed by atoms with Crippen molar-refractivity contribution >= 4 is 11.8 Å². The molecule has 26 heavy (non-hydrogen) atoms. The number of aromatic nitrogens is 2. The first-order chi connectivity index (χ1) is 12.5. The van der Waals surface area contributed by atoms with E-state index in [9.17, 15) is 9.59 Å². The molecule has 0 radical (unpaired) electrons. The van der Waals surface area contributed by atoms with Gasteiger partial charge in [-0.05, 0) is 43.4 Å². The molecule has 6 nitrogen and oxygen atoms in total. The van der Waals surface area contributed by atoms with Gasteiger partial charge in [0.15, 0.2) is 0 Å². The smallest absolute Gasteiger partial charge is 0.247 e. The lowest BCUT2D eigenvalue weighted by Crippen LogP contribution is -2.43. The van der Waals surface area contributed by atoms with Gasteiger partial charge >= 0.3 is 0 Å². The molecule has 2 atom stereocenters. The molecular formula is C20H26N4O2. The van der Waals surface area contributed by atoms with E-state index in [1.807, 2.05) is 19.2 Å². The standard InChI is InChI=1S/C20H26N4O2/c1-15(24-13-7-12-21-24)20(26)22(2)14-19(25)23(3)18-11-6-9-16-8-4-5-10-17(16)18/h4-5,7-8,10,12-13,15,18H,6,9,11,14H2,1-3H3/t15-,18-/m1/s1.